The molecule has 2 aliphatic heterocycles. The van der Waals surface area contributed by atoms with Crippen molar-refractivity contribution in [2.24, 2.45) is 0 Å². The van der Waals surface area contributed by atoms with Crippen molar-refractivity contribution in [1.29, 1.82) is 0 Å². The number of nitrogens with one attached hydrogen (secondary N) is 2. The highest BCUT2D eigenvalue weighted by Crippen LogP contribution is 2.30. The third-order valence-electron chi connectivity index (χ3n) is 5.90. The zero-order valence-corrected chi connectivity index (χ0v) is 17.8. The van der Waals surface area contributed by atoms with Crippen LogP contribution in [0.3, 0.4) is 0 Å². The van der Waals surface area contributed by atoms with E-state index in [-0.39, 0.29) is 17.7 Å². The van der Waals surface area contributed by atoms with Crippen molar-refractivity contribution in [3.05, 3.63) is 54.1 Å². The van der Waals surface area contributed by atoms with Crippen LogP contribution in [0.5, 0.6) is 0 Å². The van der Waals surface area contributed by atoms with Crippen LogP contribution >= 0.6 is 0 Å². The van der Waals surface area contributed by atoms with Gasteiger partial charge in [0, 0.05) is 36.7 Å². The second-order valence-corrected chi connectivity index (χ2v) is 8.26. The van der Waals surface area contributed by atoms with E-state index >= 15 is 0 Å². The molecule has 2 aliphatic rings. The summed E-state index contributed by atoms with van der Waals surface area (Å²) in [6, 6.07) is 10.2. The van der Waals surface area contributed by atoms with Gasteiger partial charge in [-0.05, 0) is 67.8 Å². The lowest BCUT2D eigenvalue weighted by molar-refractivity contribution is -0.137. The van der Waals surface area contributed by atoms with Crippen LogP contribution < -0.4 is 20.4 Å². The minimum atomic E-state index is -4.45. The largest absolute Gasteiger partial charge is 0.416 e. The summed E-state index contributed by atoms with van der Waals surface area (Å²) in [4.78, 5) is 29.0. The number of benzene rings is 2. The Morgan fingerprint density at radius 3 is 2.24 bits per heavy atom. The number of hydrogen-bond acceptors (Lipinski definition) is 4. The molecule has 2 heterocycles. The van der Waals surface area contributed by atoms with Crippen molar-refractivity contribution in [1.82, 2.24) is 5.32 Å². The van der Waals surface area contributed by atoms with E-state index in [1.54, 1.807) is 4.90 Å². The van der Waals surface area contributed by atoms with Gasteiger partial charge in [-0.2, -0.15) is 13.2 Å². The Kier molecular flexibility index (Phi) is 6.46. The molecule has 2 aromatic carbocycles. The summed E-state index contributed by atoms with van der Waals surface area (Å²) in [5.41, 5.74) is 1.09. The summed E-state index contributed by atoms with van der Waals surface area (Å²) in [5.74, 6) is -0.242. The van der Waals surface area contributed by atoms with Crippen molar-refractivity contribution >= 4 is 29.0 Å². The number of alkyl halides is 3. The van der Waals surface area contributed by atoms with E-state index in [4.69, 9.17) is 0 Å². The van der Waals surface area contributed by atoms with Crippen molar-refractivity contribution in [2.75, 3.05) is 34.8 Å². The molecule has 0 aromatic heterocycles. The summed E-state index contributed by atoms with van der Waals surface area (Å²) in [7, 11) is 0. The quantitative estimate of drug-likeness (QED) is 0.649. The van der Waals surface area contributed by atoms with E-state index < -0.39 is 23.8 Å². The number of urea groups is 1. The number of amides is 3. The van der Waals surface area contributed by atoms with Crippen LogP contribution in [0.2, 0.25) is 0 Å². The third kappa shape index (κ3) is 5.39. The van der Waals surface area contributed by atoms with Gasteiger partial charge in [0.2, 0.25) is 5.91 Å². The van der Waals surface area contributed by atoms with Gasteiger partial charge in [-0.3, -0.25) is 4.79 Å². The van der Waals surface area contributed by atoms with Crippen LogP contribution in [0.1, 0.15) is 24.8 Å². The first-order valence-corrected chi connectivity index (χ1v) is 10.8. The maximum Gasteiger partial charge on any atom is 0.416 e. The Morgan fingerprint density at radius 1 is 0.970 bits per heavy atom. The fraction of sp³-hybridized carbons (Fsp3) is 0.391. The maximum absolute atomic E-state index is 13.0. The number of β-amino-alcohol motifs (C(OH)–C–C–N with tert-alkyl or cyclic N) is 1. The summed E-state index contributed by atoms with van der Waals surface area (Å²) in [5, 5.41) is 14.8. The average molecular weight is 462 g/mol. The Morgan fingerprint density at radius 2 is 1.64 bits per heavy atom. The first-order valence-electron chi connectivity index (χ1n) is 10.8. The van der Waals surface area contributed by atoms with Gasteiger partial charge in [0.25, 0.3) is 0 Å². The molecule has 2 atom stereocenters. The molecule has 2 saturated heterocycles. The van der Waals surface area contributed by atoms with E-state index in [1.165, 1.54) is 12.1 Å². The predicted molar refractivity (Wildman–Crippen MR) is 118 cm³/mol. The van der Waals surface area contributed by atoms with Crippen molar-refractivity contribution < 1.29 is 27.9 Å². The second-order valence-electron chi connectivity index (χ2n) is 8.26. The lowest BCUT2D eigenvalue weighted by Gasteiger charge is -2.33. The normalized spacial score (nSPS) is 21.3. The summed E-state index contributed by atoms with van der Waals surface area (Å²) in [6.07, 6.45) is -2.88. The molecule has 176 valence electrons. The molecule has 0 saturated carbocycles. The minimum absolute atomic E-state index is 0.197. The third-order valence-corrected chi connectivity index (χ3v) is 5.90. The highest BCUT2D eigenvalue weighted by Gasteiger charge is 2.32. The van der Waals surface area contributed by atoms with Gasteiger partial charge >= 0.3 is 12.2 Å². The van der Waals surface area contributed by atoms with Crippen LogP contribution in [0.4, 0.5) is 35.0 Å². The zero-order chi connectivity index (χ0) is 23.6. The highest BCUT2D eigenvalue weighted by atomic mass is 19.4. The number of anilines is 3. The molecule has 2 aromatic rings. The molecular formula is C23H25F3N4O3. The molecule has 3 amide bonds. The van der Waals surface area contributed by atoms with Crippen molar-refractivity contribution in [3.63, 3.8) is 0 Å². The van der Waals surface area contributed by atoms with Gasteiger partial charge in [-0.25, -0.2) is 4.79 Å². The number of rotatable bonds is 4. The number of piperidine rings is 1. The topological polar surface area (TPSA) is 84.9 Å². The van der Waals surface area contributed by atoms with E-state index in [0.717, 1.165) is 36.5 Å². The number of nitrogens with zero attached hydrogens (tertiary/aromatic N) is 2. The highest BCUT2D eigenvalue weighted by molar-refractivity contribution is 6.01. The lowest BCUT2D eigenvalue weighted by atomic mass is 10.0. The lowest BCUT2D eigenvalue weighted by Crippen LogP contribution is -2.53. The van der Waals surface area contributed by atoms with Gasteiger partial charge in [-0.1, -0.05) is 0 Å². The Labute approximate surface area is 189 Å². The van der Waals surface area contributed by atoms with Gasteiger partial charge in [0.1, 0.15) is 6.04 Å². The molecule has 10 heteroatoms. The maximum atomic E-state index is 13.0. The van der Waals surface area contributed by atoms with E-state index in [2.05, 4.69) is 15.5 Å². The summed E-state index contributed by atoms with van der Waals surface area (Å²) < 4.78 is 38.0. The smallest absolute Gasteiger partial charge is 0.391 e. The number of carbonyl (C=O) groups is 2. The summed E-state index contributed by atoms with van der Waals surface area (Å²) in [6.45, 7) is 1.89. The van der Waals surface area contributed by atoms with Crippen molar-refractivity contribution in [3.8, 4) is 0 Å². The predicted octanol–water partition coefficient (Wildman–Crippen LogP) is 3.59. The van der Waals surface area contributed by atoms with Crippen LogP contribution in [0, 0.1) is 0 Å². The van der Waals surface area contributed by atoms with Gasteiger partial charge < -0.3 is 25.5 Å². The second kappa shape index (κ2) is 9.30. The molecule has 0 unspecified atom stereocenters. The minimum Gasteiger partial charge on any atom is -0.391 e. The van der Waals surface area contributed by atoms with E-state index in [9.17, 15) is 27.9 Å². The van der Waals surface area contributed by atoms with E-state index in [1.807, 2.05) is 24.3 Å². The molecule has 0 radical (unpaired) electrons. The first kappa shape index (κ1) is 22.9. The molecule has 0 spiro atoms. The molecule has 3 N–H and O–H groups in total. The van der Waals surface area contributed by atoms with Crippen LogP contribution in [-0.2, 0) is 11.0 Å². The standard InChI is InChI=1S/C23H25F3N4O3/c24-23(25,26)15-3-5-16(6-4-15)27-22(33)28-20-2-1-12-30(21(20)32)18-9-7-17(8-10-18)29-13-11-19(31)14-29/h3-10,19-20,31H,1-2,11-14H2,(H2,27,28,33)/t19-,20+/m0/s1. The van der Waals surface area contributed by atoms with Gasteiger partial charge in [0.15, 0.2) is 0 Å². The Bertz CT molecular complexity index is 996. The zero-order valence-electron chi connectivity index (χ0n) is 17.8. The average Bonchev–Trinajstić information content (AvgIpc) is 3.21. The Balaban J connectivity index is 1.35. The van der Waals surface area contributed by atoms with Crippen LogP contribution in [-0.4, -0.2) is 48.8 Å². The number of hydrogen-bond donors (Lipinski definition) is 3. The summed E-state index contributed by atoms with van der Waals surface area (Å²) >= 11 is 0. The molecule has 4 rings (SSSR count). The molecule has 0 bridgehead atoms. The number of carbonyl (C=O) groups excluding carboxylic acids is 2. The molecule has 2 fully saturated rings. The number of halogens is 3. The first-order chi connectivity index (χ1) is 15.7. The fourth-order valence-electron chi connectivity index (χ4n) is 4.15. The van der Waals surface area contributed by atoms with Crippen molar-refractivity contribution in [2.45, 2.75) is 37.6 Å². The van der Waals surface area contributed by atoms with Gasteiger partial charge in [-0.15, -0.1) is 0 Å². The Hall–Kier alpha value is -3.27. The molecule has 0 aliphatic carbocycles. The molecule has 33 heavy (non-hydrogen) atoms. The molecule has 7 nitrogen and oxygen atoms in total. The monoisotopic (exact) mass is 462 g/mol. The van der Waals surface area contributed by atoms with Crippen LogP contribution in [0.25, 0.3) is 0 Å². The molecular weight excluding hydrogens is 437 g/mol. The van der Waals surface area contributed by atoms with E-state index in [0.29, 0.717) is 25.9 Å². The number of aliphatic hydroxyl groups is 1. The number of aliphatic hydroxyl groups excluding tert-OH is 1. The SMILES string of the molecule is O=C(Nc1ccc(C(F)(F)F)cc1)N[C@@H]1CCCN(c2ccc(N3CC[C@H](O)C3)cc2)C1=O. The van der Waals surface area contributed by atoms with Gasteiger partial charge in [0.05, 0.1) is 11.7 Å². The van der Waals surface area contributed by atoms with Crippen LogP contribution in [0.15, 0.2) is 48.5 Å². The fourth-order valence-corrected chi connectivity index (χ4v) is 4.15.